The summed E-state index contributed by atoms with van der Waals surface area (Å²) in [4.78, 5) is 0. The van der Waals surface area contributed by atoms with Gasteiger partial charge in [0.25, 0.3) is 0 Å². The first-order chi connectivity index (χ1) is 7.75. The van der Waals surface area contributed by atoms with Crippen molar-refractivity contribution in [2.24, 2.45) is 5.73 Å². The van der Waals surface area contributed by atoms with Crippen LogP contribution in [0.2, 0.25) is 0 Å². The molecule has 1 unspecified atom stereocenters. The van der Waals surface area contributed by atoms with Gasteiger partial charge >= 0.3 is 0 Å². The van der Waals surface area contributed by atoms with Gasteiger partial charge in [0.2, 0.25) is 0 Å². The first-order valence-electron chi connectivity index (χ1n) is 6.25. The highest BCUT2D eigenvalue weighted by atomic mass is 19.1. The average Bonchev–Trinajstić information content (AvgIpc) is 2.53. The van der Waals surface area contributed by atoms with Crippen LogP contribution in [0.25, 0.3) is 0 Å². The molecule has 1 aromatic rings. The van der Waals surface area contributed by atoms with Gasteiger partial charge in [0.15, 0.2) is 0 Å². The van der Waals surface area contributed by atoms with Crippen LogP contribution in [-0.4, -0.2) is 6.54 Å². The molecule has 0 aromatic heterocycles. The van der Waals surface area contributed by atoms with Crippen LogP contribution in [0.4, 0.5) is 4.39 Å². The zero-order chi connectivity index (χ0) is 11.2. The third-order valence-corrected chi connectivity index (χ3v) is 4.49. The second kappa shape index (κ2) is 3.56. The second-order valence-corrected chi connectivity index (χ2v) is 5.34. The Hall–Kier alpha value is -0.890. The van der Waals surface area contributed by atoms with Crippen molar-refractivity contribution in [1.82, 2.24) is 0 Å². The number of nitrogens with two attached hydrogens (primary N) is 1. The minimum Gasteiger partial charge on any atom is -0.330 e. The lowest BCUT2D eigenvalue weighted by atomic mass is 9.65. The second-order valence-electron chi connectivity index (χ2n) is 5.34. The molecule has 1 aromatic carbocycles. The maximum Gasteiger partial charge on any atom is 0.123 e. The van der Waals surface area contributed by atoms with E-state index in [0.29, 0.717) is 17.9 Å². The van der Waals surface area contributed by atoms with Gasteiger partial charge in [0.1, 0.15) is 5.82 Å². The predicted octanol–water partition coefficient (Wildman–Crippen LogP) is 3.08. The summed E-state index contributed by atoms with van der Waals surface area (Å²) < 4.78 is 13.3. The van der Waals surface area contributed by atoms with Crippen molar-refractivity contribution in [3.05, 3.63) is 35.1 Å². The van der Waals surface area contributed by atoms with Crippen LogP contribution in [0.1, 0.15) is 49.1 Å². The molecule has 0 amide bonds. The Morgan fingerprint density at radius 3 is 2.81 bits per heavy atom. The third kappa shape index (κ3) is 1.32. The van der Waals surface area contributed by atoms with Crippen molar-refractivity contribution in [1.29, 1.82) is 0 Å². The van der Waals surface area contributed by atoms with Gasteiger partial charge in [-0.3, -0.25) is 0 Å². The fourth-order valence-electron chi connectivity index (χ4n) is 3.58. The molecule has 2 heteroatoms. The maximum atomic E-state index is 13.3. The highest BCUT2D eigenvalue weighted by molar-refractivity contribution is 5.44. The van der Waals surface area contributed by atoms with Crippen molar-refractivity contribution in [3.63, 3.8) is 0 Å². The zero-order valence-corrected chi connectivity index (χ0v) is 9.51. The van der Waals surface area contributed by atoms with E-state index in [1.54, 1.807) is 12.1 Å². The first kappa shape index (κ1) is 10.3. The molecule has 0 radical (unpaired) electrons. The van der Waals surface area contributed by atoms with Gasteiger partial charge in [-0.15, -0.1) is 0 Å². The van der Waals surface area contributed by atoms with Crippen LogP contribution >= 0.6 is 0 Å². The lowest BCUT2D eigenvalue weighted by Crippen LogP contribution is -2.31. The largest absolute Gasteiger partial charge is 0.330 e. The Morgan fingerprint density at radius 2 is 2.19 bits per heavy atom. The van der Waals surface area contributed by atoms with Crippen LogP contribution in [0.5, 0.6) is 0 Å². The number of halogens is 1. The van der Waals surface area contributed by atoms with Crippen molar-refractivity contribution in [3.8, 4) is 0 Å². The molecule has 0 bridgehead atoms. The lowest BCUT2D eigenvalue weighted by molar-refractivity contribution is 0.231. The summed E-state index contributed by atoms with van der Waals surface area (Å²) in [6.45, 7) is 0.705. The Kier molecular flexibility index (Phi) is 2.28. The summed E-state index contributed by atoms with van der Waals surface area (Å²) in [7, 11) is 0. The van der Waals surface area contributed by atoms with E-state index in [0.717, 1.165) is 6.42 Å². The molecular formula is C14H18FN. The van der Waals surface area contributed by atoms with Gasteiger partial charge in [-0.25, -0.2) is 4.39 Å². The van der Waals surface area contributed by atoms with Crippen LogP contribution in [-0.2, 0) is 5.41 Å². The molecule has 0 heterocycles. The number of fused-ring (bicyclic) bond motifs is 2. The standard InChI is InChI=1S/C14H18FN/c15-11-2-3-13-12(8-11)10(4-7-16)9-14(13)5-1-6-14/h2-3,8,10H,1,4-7,9,16H2. The SMILES string of the molecule is NCCC1CC2(CCC2)c2ccc(F)cc21. The summed E-state index contributed by atoms with van der Waals surface area (Å²) in [5.41, 5.74) is 8.71. The monoisotopic (exact) mass is 219 g/mol. The van der Waals surface area contributed by atoms with Crippen molar-refractivity contribution in [2.45, 2.75) is 43.4 Å². The Bertz CT molecular complexity index is 409. The van der Waals surface area contributed by atoms with Gasteiger partial charge in [0.05, 0.1) is 0 Å². The van der Waals surface area contributed by atoms with E-state index in [1.165, 1.54) is 36.8 Å². The summed E-state index contributed by atoms with van der Waals surface area (Å²) in [5, 5.41) is 0. The van der Waals surface area contributed by atoms with Gasteiger partial charge in [-0.05, 0) is 66.8 Å². The maximum absolute atomic E-state index is 13.3. The van der Waals surface area contributed by atoms with E-state index in [4.69, 9.17) is 5.73 Å². The predicted molar refractivity (Wildman–Crippen MR) is 63.0 cm³/mol. The summed E-state index contributed by atoms with van der Waals surface area (Å²) >= 11 is 0. The fraction of sp³-hybridized carbons (Fsp3) is 0.571. The minimum absolute atomic E-state index is 0.0999. The molecule has 1 spiro atoms. The van der Waals surface area contributed by atoms with E-state index in [2.05, 4.69) is 0 Å². The molecular weight excluding hydrogens is 201 g/mol. The van der Waals surface area contributed by atoms with Crippen LogP contribution in [0.15, 0.2) is 18.2 Å². The Morgan fingerprint density at radius 1 is 1.38 bits per heavy atom. The molecule has 1 atom stereocenters. The lowest BCUT2D eigenvalue weighted by Gasteiger charge is -2.39. The van der Waals surface area contributed by atoms with Crippen LogP contribution in [0.3, 0.4) is 0 Å². The molecule has 0 aliphatic heterocycles. The zero-order valence-electron chi connectivity index (χ0n) is 9.51. The van der Waals surface area contributed by atoms with Crippen molar-refractivity contribution < 1.29 is 4.39 Å². The number of hydrogen-bond acceptors (Lipinski definition) is 1. The molecule has 2 aliphatic carbocycles. The fourth-order valence-corrected chi connectivity index (χ4v) is 3.58. The smallest absolute Gasteiger partial charge is 0.123 e. The molecule has 2 N–H and O–H groups in total. The minimum atomic E-state index is -0.0999. The van der Waals surface area contributed by atoms with Crippen molar-refractivity contribution in [2.75, 3.05) is 6.54 Å². The van der Waals surface area contributed by atoms with E-state index >= 15 is 0 Å². The van der Waals surface area contributed by atoms with E-state index in [1.807, 2.05) is 6.07 Å². The highest BCUT2D eigenvalue weighted by Gasteiger charge is 2.47. The van der Waals surface area contributed by atoms with Crippen molar-refractivity contribution >= 4 is 0 Å². The first-order valence-corrected chi connectivity index (χ1v) is 6.25. The topological polar surface area (TPSA) is 26.0 Å². The van der Waals surface area contributed by atoms with Gasteiger partial charge in [-0.1, -0.05) is 12.5 Å². The molecule has 1 saturated carbocycles. The quantitative estimate of drug-likeness (QED) is 0.812. The third-order valence-electron chi connectivity index (χ3n) is 4.49. The van der Waals surface area contributed by atoms with Crippen LogP contribution < -0.4 is 5.73 Å². The number of rotatable bonds is 2. The number of benzene rings is 1. The molecule has 16 heavy (non-hydrogen) atoms. The van der Waals surface area contributed by atoms with E-state index in [-0.39, 0.29) is 5.82 Å². The molecule has 0 saturated heterocycles. The highest BCUT2D eigenvalue weighted by Crippen LogP contribution is 2.57. The van der Waals surface area contributed by atoms with Gasteiger partial charge in [-0.2, -0.15) is 0 Å². The average molecular weight is 219 g/mol. The Labute approximate surface area is 95.8 Å². The number of hydrogen-bond donors (Lipinski definition) is 1. The normalized spacial score (nSPS) is 25.5. The molecule has 3 rings (SSSR count). The van der Waals surface area contributed by atoms with Gasteiger partial charge < -0.3 is 5.73 Å². The van der Waals surface area contributed by atoms with Crippen LogP contribution in [0, 0.1) is 5.82 Å². The summed E-state index contributed by atoms with van der Waals surface area (Å²) in [6, 6.07) is 5.37. The van der Waals surface area contributed by atoms with E-state index < -0.39 is 0 Å². The summed E-state index contributed by atoms with van der Waals surface area (Å²) in [6.07, 6.45) is 6.09. The Balaban J connectivity index is 2.03. The van der Waals surface area contributed by atoms with E-state index in [9.17, 15) is 4.39 Å². The summed E-state index contributed by atoms with van der Waals surface area (Å²) in [5.74, 6) is 0.396. The molecule has 86 valence electrons. The molecule has 2 aliphatic rings. The van der Waals surface area contributed by atoms with Gasteiger partial charge in [0, 0.05) is 0 Å². The molecule has 1 nitrogen and oxygen atoms in total. The molecule has 1 fully saturated rings.